The Hall–Kier alpha value is -2.39. The molecule has 160 valence electrons. The summed E-state index contributed by atoms with van der Waals surface area (Å²) in [4.78, 5) is 22.8. The zero-order chi connectivity index (χ0) is 22.3. The molecule has 0 aliphatic rings. The van der Waals surface area contributed by atoms with Gasteiger partial charge in [-0.3, -0.25) is 4.79 Å². The van der Waals surface area contributed by atoms with Crippen LogP contribution in [0.3, 0.4) is 0 Å². The summed E-state index contributed by atoms with van der Waals surface area (Å²) in [7, 11) is 0. The van der Waals surface area contributed by atoms with E-state index in [4.69, 9.17) is 14.6 Å². The SMILES string of the molecule is Cc1c(Br)cc(C(C)C)c(OCC(=O)NN=Cc2ccccc2OCC(=O)O)c1Br. The zero-order valence-electron chi connectivity index (χ0n) is 16.7. The lowest BCUT2D eigenvalue weighted by atomic mass is 10.0. The lowest BCUT2D eigenvalue weighted by molar-refractivity contribution is -0.139. The van der Waals surface area contributed by atoms with Gasteiger partial charge in [0.2, 0.25) is 0 Å². The van der Waals surface area contributed by atoms with Gasteiger partial charge >= 0.3 is 5.97 Å². The van der Waals surface area contributed by atoms with Crippen molar-refractivity contribution in [2.24, 2.45) is 5.10 Å². The molecule has 0 bridgehead atoms. The molecule has 0 radical (unpaired) electrons. The van der Waals surface area contributed by atoms with Crippen LogP contribution in [-0.4, -0.2) is 36.4 Å². The van der Waals surface area contributed by atoms with Gasteiger partial charge in [-0.25, -0.2) is 10.2 Å². The van der Waals surface area contributed by atoms with Crippen LogP contribution in [-0.2, 0) is 9.59 Å². The average Bonchev–Trinajstić information content (AvgIpc) is 2.70. The number of hydrogen-bond donors (Lipinski definition) is 2. The van der Waals surface area contributed by atoms with Crippen LogP contribution in [0.25, 0.3) is 0 Å². The van der Waals surface area contributed by atoms with Crippen molar-refractivity contribution in [3.63, 3.8) is 0 Å². The second-order valence-corrected chi connectivity index (χ2v) is 8.32. The van der Waals surface area contributed by atoms with E-state index in [0.717, 1.165) is 20.1 Å². The highest BCUT2D eigenvalue weighted by Crippen LogP contribution is 2.40. The van der Waals surface area contributed by atoms with E-state index in [1.165, 1.54) is 6.21 Å². The summed E-state index contributed by atoms with van der Waals surface area (Å²) in [6.45, 7) is 5.35. The van der Waals surface area contributed by atoms with Crippen molar-refractivity contribution in [1.29, 1.82) is 0 Å². The number of nitrogens with one attached hydrogen (secondary N) is 1. The first-order valence-corrected chi connectivity index (χ1v) is 10.7. The molecule has 1 amide bonds. The third kappa shape index (κ3) is 6.56. The summed E-state index contributed by atoms with van der Waals surface area (Å²) in [5, 5.41) is 12.6. The predicted octanol–water partition coefficient (Wildman–Crippen LogP) is 4.64. The lowest BCUT2D eigenvalue weighted by Crippen LogP contribution is -2.25. The summed E-state index contributed by atoms with van der Waals surface area (Å²) < 4.78 is 12.7. The maximum absolute atomic E-state index is 12.2. The van der Waals surface area contributed by atoms with Crippen LogP contribution in [0.4, 0.5) is 0 Å². The average molecular weight is 542 g/mol. The summed E-state index contributed by atoms with van der Waals surface area (Å²) >= 11 is 7.08. The van der Waals surface area contributed by atoms with E-state index < -0.39 is 18.5 Å². The van der Waals surface area contributed by atoms with Crippen LogP contribution < -0.4 is 14.9 Å². The number of benzene rings is 2. The van der Waals surface area contributed by atoms with Crippen molar-refractivity contribution < 1.29 is 24.2 Å². The Balaban J connectivity index is 2.02. The maximum Gasteiger partial charge on any atom is 0.341 e. The topological polar surface area (TPSA) is 97.2 Å². The molecule has 0 unspecified atom stereocenters. The molecular weight excluding hydrogens is 520 g/mol. The first kappa shape index (κ1) is 23.9. The Labute approximate surface area is 191 Å². The van der Waals surface area contributed by atoms with Crippen molar-refractivity contribution in [2.75, 3.05) is 13.2 Å². The van der Waals surface area contributed by atoms with Gasteiger partial charge < -0.3 is 14.6 Å². The first-order valence-electron chi connectivity index (χ1n) is 9.07. The normalized spacial score (nSPS) is 11.0. The number of hydrogen-bond acceptors (Lipinski definition) is 5. The number of amides is 1. The zero-order valence-corrected chi connectivity index (χ0v) is 19.9. The molecule has 0 heterocycles. The number of rotatable bonds is 9. The van der Waals surface area contributed by atoms with Gasteiger partial charge in [-0.2, -0.15) is 5.10 Å². The van der Waals surface area contributed by atoms with Crippen LogP contribution >= 0.6 is 31.9 Å². The number of carbonyl (C=O) groups excluding carboxylic acids is 1. The standard InChI is InChI=1S/C21H22Br2N2O5/c1-12(2)15-8-16(22)13(3)20(23)21(15)30-10-18(26)25-24-9-14-6-4-5-7-17(14)29-11-19(27)28/h4-9,12H,10-11H2,1-3H3,(H,25,26)(H,27,28). The number of halogens is 2. The van der Waals surface area contributed by atoms with Gasteiger partial charge in [0.15, 0.2) is 13.2 Å². The first-order chi connectivity index (χ1) is 14.2. The van der Waals surface area contributed by atoms with Gasteiger partial charge in [0.1, 0.15) is 11.5 Å². The number of para-hydroxylation sites is 1. The smallest absolute Gasteiger partial charge is 0.341 e. The number of carboxylic acid groups (broad SMARTS) is 1. The second kappa shape index (κ2) is 11.1. The highest BCUT2D eigenvalue weighted by atomic mass is 79.9. The lowest BCUT2D eigenvalue weighted by Gasteiger charge is -2.18. The van der Waals surface area contributed by atoms with E-state index >= 15 is 0 Å². The Morgan fingerprint density at radius 1 is 1.20 bits per heavy atom. The summed E-state index contributed by atoms with van der Waals surface area (Å²) in [5.74, 6) is -0.335. The van der Waals surface area contributed by atoms with E-state index in [1.54, 1.807) is 24.3 Å². The third-order valence-electron chi connectivity index (χ3n) is 4.06. The molecule has 0 saturated heterocycles. The van der Waals surface area contributed by atoms with E-state index in [1.807, 2.05) is 26.8 Å². The quantitative estimate of drug-likeness (QED) is 0.356. The fourth-order valence-corrected chi connectivity index (χ4v) is 3.76. The predicted molar refractivity (Wildman–Crippen MR) is 121 cm³/mol. The molecule has 2 aromatic rings. The Bertz CT molecular complexity index is 961. The van der Waals surface area contributed by atoms with Crippen molar-refractivity contribution >= 4 is 50.0 Å². The Morgan fingerprint density at radius 2 is 1.90 bits per heavy atom. The van der Waals surface area contributed by atoms with Crippen LogP contribution in [0.5, 0.6) is 11.5 Å². The van der Waals surface area contributed by atoms with Gasteiger partial charge in [-0.05, 0) is 58.1 Å². The molecule has 2 N–H and O–H groups in total. The molecule has 0 fully saturated rings. The number of carbonyl (C=O) groups is 2. The molecule has 0 spiro atoms. The second-order valence-electron chi connectivity index (χ2n) is 6.67. The number of ether oxygens (including phenoxy) is 2. The fraction of sp³-hybridized carbons (Fsp3) is 0.286. The summed E-state index contributed by atoms with van der Waals surface area (Å²) in [5.41, 5.74) is 4.88. The van der Waals surface area contributed by atoms with Gasteiger partial charge in [-0.1, -0.05) is 41.9 Å². The van der Waals surface area contributed by atoms with Gasteiger partial charge in [0.25, 0.3) is 5.91 Å². The van der Waals surface area contributed by atoms with Crippen molar-refractivity contribution in [2.45, 2.75) is 26.7 Å². The minimum absolute atomic E-state index is 0.205. The third-order valence-corrected chi connectivity index (χ3v) is 5.84. The largest absolute Gasteiger partial charge is 0.482 e. The number of hydrazone groups is 1. The van der Waals surface area contributed by atoms with E-state index in [-0.39, 0.29) is 12.5 Å². The highest BCUT2D eigenvalue weighted by Gasteiger charge is 2.17. The van der Waals surface area contributed by atoms with Gasteiger partial charge in [-0.15, -0.1) is 0 Å². The number of nitrogens with zero attached hydrogens (tertiary/aromatic N) is 1. The Morgan fingerprint density at radius 3 is 2.57 bits per heavy atom. The summed E-state index contributed by atoms with van der Waals surface area (Å²) in [6.07, 6.45) is 1.38. The molecule has 0 aliphatic carbocycles. The molecule has 9 heteroatoms. The molecule has 7 nitrogen and oxygen atoms in total. The van der Waals surface area contributed by atoms with Gasteiger partial charge in [0, 0.05) is 10.0 Å². The van der Waals surface area contributed by atoms with E-state index in [0.29, 0.717) is 17.1 Å². The fourth-order valence-electron chi connectivity index (χ4n) is 2.49. The van der Waals surface area contributed by atoms with Gasteiger partial charge in [0.05, 0.1) is 10.7 Å². The molecule has 0 aromatic heterocycles. The molecule has 2 rings (SSSR count). The maximum atomic E-state index is 12.2. The van der Waals surface area contributed by atoms with E-state index in [9.17, 15) is 9.59 Å². The molecular formula is C21H22Br2N2O5. The Kier molecular flexibility index (Phi) is 8.86. The van der Waals surface area contributed by atoms with Crippen LogP contribution in [0, 0.1) is 6.92 Å². The van der Waals surface area contributed by atoms with Crippen molar-refractivity contribution in [1.82, 2.24) is 5.43 Å². The van der Waals surface area contributed by atoms with Crippen LogP contribution in [0.15, 0.2) is 44.4 Å². The minimum atomic E-state index is -1.08. The molecule has 0 aliphatic heterocycles. The highest BCUT2D eigenvalue weighted by molar-refractivity contribution is 9.11. The molecule has 30 heavy (non-hydrogen) atoms. The number of carboxylic acids is 1. The molecule has 2 aromatic carbocycles. The van der Waals surface area contributed by atoms with Crippen molar-refractivity contribution in [3.8, 4) is 11.5 Å². The number of aliphatic carboxylic acids is 1. The van der Waals surface area contributed by atoms with Crippen LogP contribution in [0.2, 0.25) is 0 Å². The van der Waals surface area contributed by atoms with Crippen molar-refractivity contribution in [3.05, 3.63) is 56.0 Å². The minimum Gasteiger partial charge on any atom is -0.482 e. The van der Waals surface area contributed by atoms with Crippen LogP contribution in [0.1, 0.15) is 36.5 Å². The van der Waals surface area contributed by atoms with E-state index in [2.05, 4.69) is 42.4 Å². The molecule has 0 atom stereocenters. The monoisotopic (exact) mass is 540 g/mol. The molecule has 0 saturated carbocycles. The summed E-state index contributed by atoms with van der Waals surface area (Å²) in [6, 6.07) is 8.77.